The van der Waals surface area contributed by atoms with Crippen molar-refractivity contribution >= 4 is 22.5 Å². The van der Waals surface area contributed by atoms with Gasteiger partial charge in [0.1, 0.15) is 0 Å². The number of benzene rings is 1. The minimum Gasteiger partial charge on any atom is -0.366 e. The van der Waals surface area contributed by atoms with Gasteiger partial charge in [0.05, 0.1) is 24.3 Å². The van der Waals surface area contributed by atoms with Gasteiger partial charge in [0.15, 0.2) is 0 Å². The Bertz CT molecular complexity index is 880. The van der Waals surface area contributed by atoms with Crippen LogP contribution in [0.25, 0.3) is 10.9 Å². The van der Waals surface area contributed by atoms with Crippen molar-refractivity contribution in [3.8, 4) is 0 Å². The number of rotatable bonds is 4. The number of aryl methyl sites for hydroxylation is 1. The van der Waals surface area contributed by atoms with E-state index in [9.17, 15) is 4.79 Å². The summed E-state index contributed by atoms with van der Waals surface area (Å²) in [5.41, 5.74) is 4.38. The van der Waals surface area contributed by atoms with Crippen molar-refractivity contribution in [2.45, 2.75) is 19.4 Å². The van der Waals surface area contributed by atoms with Crippen LogP contribution in [0.15, 0.2) is 48.9 Å². The molecule has 24 heavy (non-hydrogen) atoms. The lowest BCUT2D eigenvalue weighted by molar-refractivity contribution is -0.121. The number of carbonyl (C=O) groups is 1. The second-order valence-corrected chi connectivity index (χ2v) is 6.47. The molecule has 1 aliphatic rings. The van der Waals surface area contributed by atoms with Crippen LogP contribution in [0.5, 0.6) is 0 Å². The monoisotopic (exact) mass is 320 g/mol. The minimum atomic E-state index is 0.0768. The Hall–Kier alpha value is -2.82. The SMILES string of the molecule is Cc1cncc(N2CC(NC(=O)Cc3ccc4cc[nH]c4c3)C2)c1. The van der Waals surface area contributed by atoms with E-state index in [0.717, 1.165) is 35.4 Å². The highest BCUT2D eigenvalue weighted by Crippen LogP contribution is 2.21. The molecule has 4 rings (SSSR count). The standard InChI is InChI=1S/C19H20N4O/c1-13-6-17(10-20-9-13)23-11-16(12-23)22-19(24)8-14-2-3-15-4-5-21-18(15)7-14/h2-7,9-10,16,21H,8,11-12H2,1H3,(H,22,24). The number of pyridine rings is 1. The van der Waals surface area contributed by atoms with Crippen LogP contribution in [0.4, 0.5) is 5.69 Å². The predicted molar refractivity (Wildman–Crippen MR) is 95.1 cm³/mol. The molecule has 122 valence electrons. The Kier molecular flexibility index (Phi) is 3.69. The number of anilines is 1. The number of aromatic nitrogens is 2. The molecule has 2 N–H and O–H groups in total. The zero-order valence-corrected chi connectivity index (χ0v) is 13.6. The van der Waals surface area contributed by atoms with Gasteiger partial charge in [-0.25, -0.2) is 0 Å². The summed E-state index contributed by atoms with van der Waals surface area (Å²) in [4.78, 5) is 21.9. The number of H-pyrrole nitrogens is 1. The molecule has 1 aliphatic heterocycles. The lowest BCUT2D eigenvalue weighted by atomic mass is 10.1. The van der Waals surface area contributed by atoms with E-state index >= 15 is 0 Å². The highest BCUT2D eigenvalue weighted by molar-refractivity contribution is 5.83. The zero-order valence-electron chi connectivity index (χ0n) is 13.6. The summed E-state index contributed by atoms with van der Waals surface area (Å²) < 4.78 is 0. The van der Waals surface area contributed by atoms with E-state index in [1.165, 1.54) is 5.39 Å². The number of amides is 1. The van der Waals surface area contributed by atoms with Crippen LogP contribution in [-0.2, 0) is 11.2 Å². The molecule has 1 saturated heterocycles. The molecule has 0 aliphatic carbocycles. The Labute approximate surface area is 140 Å². The number of hydrogen-bond acceptors (Lipinski definition) is 3. The summed E-state index contributed by atoms with van der Waals surface area (Å²) in [7, 11) is 0. The molecule has 0 spiro atoms. The van der Waals surface area contributed by atoms with Gasteiger partial charge in [-0.2, -0.15) is 0 Å². The molecule has 0 bridgehead atoms. The summed E-state index contributed by atoms with van der Waals surface area (Å²) in [6.07, 6.45) is 6.05. The van der Waals surface area contributed by atoms with Crippen LogP contribution in [0.3, 0.4) is 0 Å². The first-order valence-electron chi connectivity index (χ1n) is 8.19. The lowest BCUT2D eigenvalue weighted by Gasteiger charge is -2.41. The summed E-state index contributed by atoms with van der Waals surface area (Å²) >= 11 is 0. The maximum absolute atomic E-state index is 12.2. The fraction of sp³-hybridized carbons (Fsp3) is 0.263. The molecule has 3 aromatic rings. The first-order valence-corrected chi connectivity index (χ1v) is 8.19. The number of carbonyl (C=O) groups excluding carboxylic acids is 1. The second kappa shape index (κ2) is 6.00. The van der Waals surface area contributed by atoms with Gasteiger partial charge in [-0.05, 0) is 41.6 Å². The van der Waals surface area contributed by atoms with Gasteiger partial charge in [-0.1, -0.05) is 12.1 Å². The Morgan fingerprint density at radius 3 is 3.00 bits per heavy atom. The first kappa shape index (κ1) is 14.8. The Morgan fingerprint density at radius 2 is 2.17 bits per heavy atom. The maximum Gasteiger partial charge on any atom is 0.224 e. The summed E-state index contributed by atoms with van der Waals surface area (Å²) in [5.74, 6) is 0.0768. The molecule has 3 heterocycles. The molecule has 0 saturated carbocycles. The largest absolute Gasteiger partial charge is 0.366 e. The summed E-state index contributed by atoms with van der Waals surface area (Å²) in [6, 6.07) is 10.5. The fourth-order valence-electron chi connectivity index (χ4n) is 3.16. The highest BCUT2D eigenvalue weighted by Gasteiger charge is 2.28. The summed E-state index contributed by atoms with van der Waals surface area (Å²) in [5, 5.41) is 4.28. The molecular formula is C19H20N4O. The second-order valence-electron chi connectivity index (χ2n) is 6.47. The van der Waals surface area contributed by atoms with Crippen LogP contribution in [0, 0.1) is 6.92 Å². The van der Waals surface area contributed by atoms with Gasteiger partial charge >= 0.3 is 0 Å². The van der Waals surface area contributed by atoms with Gasteiger partial charge < -0.3 is 15.2 Å². The third-order valence-corrected chi connectivity index (χ3v) is 4.46. The number of hydrogen-bond donors (Lipinski definition) is 2. The Balaban J connectivity index is 1.31. The van der Waals surface area contributed by atoms with Crippen LogP contribution in [0.1, 0.15) is 11.1 Å². The molecule has 0 radical (unpaired) electrons. The predicted octanol–water partition coefficient (Wildman–Crippen LogP) is 2.42. The van der Waals surface area contributed by atoms with Gasteiger partial charge in [-0.3, -0.25) is 9.78 Å². The van der Waals surface area contributed by atoms with Crippen LogP contribution < -0.4 is 10.2 Å². The number of nitrogens with zero attached hydrogens (tertiary/aromatic N) is 2. The van der Waals surface area contributed by atoms with E-state index in [1.807, 2.05) is 49.8 Å². The highest BCUT2D eigenvalue weighted by atomic mass is 16.1. The van der Waals surface area contributed by atoms with Crippen molar-refractivity contribution in [3.63, 3.8) is 0 Å². The third-order valence-electron chi connectivity index (χ3n) is 4.46. The fourth-order valence-corrected chi connectivity index (χ4v) is 3.16. The third kappa shape index (κ3) is 2.97. The molecule has 0 unspecified atom stereocenters. The molecule has 5 nitrogen and oxygen atoms in total. The van der Waals surface area contributed by atoms with Crippen molar-refractivity contribution in [2.75, 3.05) is 18.0 Å². The first-order chi connectivity index (χ1) is 11.7. The van der Waals surface area contributed by atoms with Gasteiger partial charge in [0, 0.05) is 31.0 Å². The van der Waals surface area contributed by atoms with Crippen LogP contribution in [0.2, 0.25) is 0 Å². The Morgan fingerprint density at radius 1 is 1.29 bits per heavy atom. The average molecular weight is 320 g/mol. The minimum absolute atomic E-state index is 0.0768. The van der Waals surface area contributed by atoms with E-state index in [1.54, 1.807) is 0 Å². The van der Waals surface area contributed by atoms with Crippen LogP contribution >= 0.6 is 0 Å². The maximum atomic E-state index is 12.2. The van der Waals surface area contributed by atoms with Crippen LogP contribution in [-0.4, -0.2) is 35.0 Å². The average Bonchev–Trinajstić information content (AvgIpc) is 2.98. The normalized spacial score (nSPS) is 14.6. The number of fused-ring (bicyclic) bond motifs is 1. The molecule has 1 aromatic carbocycles. The van der Waals surface area contributed by atoms with Crippen molar-refractivity contribution < 1.29 is 4.79 Å². The molecule has 0 atom stereocenters. The van der Waals surface area contributed by atoms with Gasteiger partial charge in [0.25, 0.3) is 0 Å². The molecule has 1 fully saturated rings. The zero-order chi connectivity index (χ0) is 16.5. The smallest absolute Gasteiger partial charge is 0.224 e. The van der Waals surface area contributed by atoms with Crippen molar-refractivity contribution in [2.24, 2.45) is 0 Å². The number of nitrogens with one attached hydrogen (secondary N) is 2. The van der Waals surface area contributed by atoms with Gasteiger partial charge in [-0.15, -0.1) is 0 Å². The van der Waals surface area contributed by atoms with E-state index in [0.29, 0.717) is 6.42 Å². The quantitative estimate of drug-likeness (QED) is 0.776. The topological polar surface area (TPSA) is 61.0 Å². The van der Waals surface area contributed by atoms with Crippen molar-refractivity contribution in [1.29, 1.82) is 0 Å². The number of aromatic amines is 1. The van der Waals surface area contributed by atoms with Crippen molar-refractivity contribution in [1.82, 2.24) is 15.3 Å². The molecular weight excluding hydrogens is 300 g/mol. The van der Waals surface area contributed by atoms with E-state index in [2.05, 4.69) is 26.3 Å². The van der Waals surface area contributed by atoms with E-state index in [-0.39, 0.29) is 11.9 Å². The van der Waals surface area contributed by atoms with Gasteiger partial charge in [0.2, 0.25) is 5.91 Å². The van der Waals surface area contributed by atoms with E-state index < -0.39 is 0 Å². The molecule has 5 heteroatoms. The lowest BCUT2D eigenvalue weighted by Crippen LogP contribution is -2.59. The molecule has 2 aromatic heterocycles. The molecule has 1 amide bonds. The van der Waals surface area contributed by atoms with Crippen molar-refractivity contribution in [3.05, 3.63) is 60.0 Å². The summed E-state index contributed by atoms with van der Waals surface area (Å²) in [6.45, 7) is 3.72. The van der Waals surface area contributed by atoms with E-state index in [4.69, 9.17) is 0 Å².